The van der Waals surface area contributed by atoms with Gasteiger partial charge < -0.3 is 55.7 Å². The smallest absolute Gasteiger partial charge is 0.387 e. The van der Waals surface area contributed by atoms with Crippen LogP contribution in [0.25, 0.3) is 22.3 Å². The van der Waals surface area contributed by atoms with E-state index in [9.17, 15) is 53.3 Å². The Balaban J connectivity index is 1.06. The van der Waals surface area contributed by atoms with Gasteiger partial charge in [-0.2, -0.15) is 23.2 Å². The maximum Gasteiger partial charge on any atom is 0.490 e. The standard InChI is InChI=1S/C22H31N10O18P3/c1-30-6-32(16-10(30)18(37)29-22(24)27-16)20-13(35)14(44-2)8(48-20)4-46-52(40,41)50-53(42,43)49-51(38,39)45-3-7-11(33)12(34)19(47-7)31-5-25-9-15(31)26-21(23)28-17(9)36/h5-8,11-14,19-20,33-35H,3-4H2,1-2H3,(H8-,23,24,26,27,28,29,36,37,38,39,40,41,42,43)/p+1. The number of hydrogen-bond acceptors (Lipinski definition) is 20. The molecule has 4 aromatic rings. The van der Waals surface area contributed by atoms with Gasteiger partial charge in [-0.15, -0.1) is 0 Å². The van der Waals surface area contributed by atoms with Crippen molar-refractivity contribution in [2.24, 2.45) is 7.05 Å². The third-order valence-corrected chi connectivity index (χ3v) is 12.2. The molecule has 0 radical (unpaired) electrons. The number of nitrogens with two attached hydrogens (primary N) is 2. The molecule has 12 N–H and O–H groups in total. The third kappa shape index (κ3) is 7.85. The Morgan fingerprint density at radius 1 is 0.830 bits per heavy atom. The van der Waals surface area contributed by atoms with Crippen LogP contribution in [0.2, 0.25) is 0 Å². The van der Waals surface area contributed by atoms with Gasteiger partial charge in [-0.05, 0) is 0 Å². The summed E-state index contributed by atoms with van der Waals surface area (Å²) in [5.74, 6) is -0.549. The first-order valence-corrected chi connectivity index (χ1v) is 19.3. The fourth-order valence-corrected chi connectivity index (χ4v) is 9.24. The first-order valence-electron chi connectivity index (χ1n) is 14.8. The van der Waals surface area contributed by atoms with Crippen molar-refractivity contribution in [3.05, 3.63) is 33.4 Å². The Morgan fingerprint density at radius 2 is 1.38 bits per heavy atom. The topological polar surface area (TPSA) is 407 Å². The highest BCUT2D eigenvalue weighted by Crippen LogP contribution is 2.67. The van der Waals surface area contributed by atoms with Crippen LogP contribution >= 0.6 is 23.5 Å². The molecule has 0 bridgehead atoms. The Labute approximate surface area is 293 Å². The van der Waals surface area contributed by atoms with Crippen molar-refractivity contribution in [2.75, 3.05) is 31.8 Å². The predicted molar refractivity (Wildman–Crippen MR) is 169 cm³/mol. The van der Waals surface area contributed by atoms with Gasteiger partial charge in [0.2, 0.25) is 24.5 Å². The normalized spacial score (nSPS) is 29.7. The summed E-state index contributed by atoms with van der Waals surface area (Å²) in [5.41, 5.74) is 9.60. The van der Waals surface area contributed by atoms with Gasteiger partial charge in [0, 0.05) is 7.11 Å². The van der Waals surface area contributed by atoms with Gasteiger partial charge in [0.15, 0.2) is 17.4 Å². The number of nitrogens with zero attached hydrogens (tertiary/aromatic N) is 6. The monoisotopic (exact) mass is 817 g/mol. The number of aryl methyl sites for hydroxylation is 1. The summed E-state index contributed by atoms with van der Waals surface area (Å²) >= 11 is 0. The molecule has 6 heterocycles. The zero-order valence-electron chi connectivity index (χ0n) is 26.9. The van der Waals surface area contributed by atoms with Gasteiger partial charge in [0.25, 0.3) is 16.7 Å². The molecule has 292 valence electrons. The number of aromatic nitrogens is 8. The number of phosphoric acid groups is 3. The third-order valence-electron chi connectivity index (χ3n) is 7.92. The number of methoxy groups -OCH3 is 1. The Hall–Kier alpha value is -3.53. The van der Waals surface area contributed by atoms with Crippen molar-refractivity contribution in [1.29, 1.82) is 0 Å². The number of aliphatic hydroxyl groups is 3. The number of imidazole rings is 2. The summed E-state index contributed by atoms with van der Waals surface area (Å²) in [7, 11) is -14.6. The molecule has 6 rings (SSSR count). The SMILES string of the molecule is COC1C(COP(=O)(O)OP(=O)(O)OP(=O)(O)OCC2OC(n3cnc4c(=O)[nH]c(N)nc43)C(O)C2O)OC(n2c[n+](C)c3c(=O)[nH]c(N)nc32)C1O. The molecule has 0 spiro atoms. The molecule has 0 amide bonds. The highest BCUT2D eigenvalue weighted by molar-refractivity contribution is 7.66. The number of fused-ring (bicyclic) bond motifs is 2. The van der Waals surface area contributed by atoms with Crippen LogP contribution in [0.15, 0.2) is 22.2 Å². The molecule has 2 aliphatic heterocycles. The van der Waals surface area contributed by atoms with E-state index in [-0.39, 0.29) is 34.2 Å². The minimum Gasteiger partial charge on any atom is -0.387 e. The fraction of sp³-hybridized carbons (Fsp3) is 0.545. The minimum absolute atomic E-state index is 0.00284. The number of anilines is 2. The molecule has 11 unspecified atom stereocenters. The number of nitrogens with one attached hydrogen (secondary N) is 2. The summed E-state index contributed by atoms with van der Waals surface area (Å²) in [4.78, 5) is 71.0. The second-order valence-electron chi connectivity index (χ2n) is 11.5. The van der Waals surface area contributed by atoms with Crippen LogP contribution in [0.5, 0.6) is 0 Å². The number of ether oxygens (including phenoxy) is 3. The lowest BCUT2D eigenvalue weighted by Gasteiger charge is -2.21. The number of aromatic amines is 2. The van der Waals surface area contributed by atoms with Gasteiger partial charge >= 0.3 is 29.0 Å². The lowest BCUT2D eigenvalue weighted by atomic mass is 10.1. The van der Waals surface area contributed by atoms with Gasteiger partial charge in [0.05, 0.1) is 26.6 Å². The lowest BCUT2D eigenvalue weighted by molar-refractivity contribution is -0.646. The number of hydrogen-bond donors (Lipinski definition) is 10. The second-order valence-corrected chi connectivity index (χ2v) is 16.1. The van der Waals surface area contributed by atoms with E-state index in [0.29, 0.717) is 0 Å². The molecule has 4 aromatic heterocycles. The van der Waals surface area contributed by atoms with Crippen molar-refractivity contribution in [1.82, 2.24) is 34.1 Å². The van der Waals surface area contributed by atoms with Crippen LogP contribution in [0.4, 0.5) is 11.9 Å². The van der Waals surface area contributed by atoms with Gasteiger partial charge in [-0.1, -0.05) is 0 Å². The number of phosphoric ester groups is 2. The maximum absolute atomic E-state index is 12.6. The summed E-state index contributed by atoms with van der Waals surface area (Å²) in [6.45, 7) is -2.03. The Kier molecular flexibility index (Phi) is 10.6. The first kappa shape index (κ1) is 39.2. The number of aliphatic hydroxyl groups excluding tert-OH is 3. The van der Waals surface area contributed by atoms with Crippen LogP contribution in [-0.4, -0.2) is 121 Å². The average Bonchev–Trinajstić information content (AvgIpc) is 3.76. The first-order chi connectivity index (χ1) is 24.7. The van der Waals surface area contributed by atoms with Crippen molar-refractivity contribution >= 4 is 57.7 Å². The fourth-order valence-electron chi connectivity index (χ4n) is 5.71. The van der Waals surface area contributed by atoms with Crippen LogP contribution in [0.3, 0.4) is 0 Å². The molecule has 0 aromatic carbocycles. The molecule has 0 aliphatic carbocycles. The molecule has 31 heteroatoms. The quantitative estimate of drug-likeness (QED) is 0.0455. The summed E-state index contributed by atoms with van der Waals surface area (Å²) < 4.78 is 75.3. The Bertz CT molecular complexity index is 2300. The minimum atomic E-state index is -5.98. The summed E-state index contributed by atoms with van der Waals surface area (Å²) in [5, 5.41) is 31.9. The molecule has 2 aliphatic rings. The van der Waals surface area contributed by atoms with Crippen LogP contribution in [-0.2, 0) is 52.6 Å². The lowest BCUT2D eigenvalue weighted by Crippen LogP contribution is -2.35. The van der Waals surface area contributed by atoms with Gasteiger partial charge in [-0.3, -0.25) is 33.2 Å². The number of rotatable bonds is 13. The van der Waals surface area contributed by atoms with E-state index in [1.807, 2.05) is 0 Å². The van der Waals surface area contributed by atoms with E-state index >= 15 is 0 Å². The van der Waals surface area contributed by atoms with E-state index in [1.54, 1.807) is 0 Å². The van der Waals surface area contributed by atoms with Crippen molar-refractivity contribution < 1.29 is 80.1 Å². The molecule has 53 heavy (non-hydrogen) atoms. The van der Waals surface area contributed by atoms with Crippen molar-refractivity contribution in [2.45, 2.75) is 49.1 Å². The molecule has 0 saturated carbocycles. The van der Waals surface area contributed by atoms with Crippen LogP contribution in [0, 0.1) is 0 Å². The molecular formula is C22H32N10O18P3+. The van der Waals surface area contributed by atoms with Gasteiger partial charge in [0.1, 0.15) is 36.6 Å². The molecule has 2 fully saturated rings. The largest absolute Gasteiger partial charge is 0.490 e. The van der Waals surface area contributed by atoms with E-state index in [4.69, 9.17) is 30.2 Å². The Morgan fingerprint density at radius 3 is 2.00 bits per heavy atom. The zero-order chi connectivity index (χ0) is 38.8. The second kappa shape index (κ2) is 14.3. The highest BCUT2D eigenvalue weighted by Gasteiger charge is 2.51. The maximum atomic E-state index is 12.6. The molecule has 28 nitrogen and oxygen atoms in total. The molecule has 11 atom stereocenters. The molecule has 2 saturated heterocycles. The zero-order valence-corrected chi connectivity index (χ0v) is 29.6. The van der Waals surface area contributed by atoms with Crippen LogP contribution in [0.1, 0.15) is 12.5 Å². The van der Waals surface area contributed by atoms with E-state index in [2.05, 4.69) is 38.1 Å². The van der Waals surface area contributed by atoms with E-state index in [0.717, 1.165) is 18.0 Å². The molecular weight excluding hydrogens is 785 g/mol. The predicted octanol–water partition coefficient (Wildman–Crippen LogP) is -3.89. The van der Waals surface area contributed by atoms with Crippen molar-refractivity contribution in [3.8, 4) is 0 Å². The number of H-pyrrole nitrogens is 2. The average molecular weight is 817 g/mol. The van der Waals surface area contributed by atoms with E-state index in [1.165, 1.54) is 22.5 Å². The number of nitrogen functional groups attached to an aromatic ring is 2. The summed E-state index contributed by atoms with van der Waals surface area (Å²) in [6, 6.07) is 0. The van der Waals surface area contributed by atoms with Crippen LogP contribution < -0.4 is 27.2 Å². The highest BCUT2D eigenvalue weighted by atomic mass is 31.3. The van der Waals surface area contributed by atoms with E-state index < -0.39 is 96.9 Å². The summed E-state index contributed by atoms with van der Waals surface area (Å²) in [6.07, 6.45) is -9.74. The van der Waals surface area contributed by atoms with Crippen molar-refractivity contribution in [3.63, 3.8) is 0 Å². The van der Waals surface area contributed by atoms with Gasteiger partial charge in [-0.25, -0.2) is 23.2 Å².